The molecule has 4 heterocycles. The van der Waals surface area contributed by atoms with Crippen LogP contribution in [0.1, 0.15) is 16.1 Å². The van der Waals surface area contributed by atoms with Crippen LogP contribution in [0, 0.1) is 5.82 Å². The van der Waals surface area contributed by atoms with E-state index in [1.165, 1.54) is 34.1 Å². The first kappa shape index (κ1) is 27.5. The largest absolute Gasteiger partial charge is 0.379 e. The van der Waals surface area contributed by atoms with Gasteiger partial charge in [0.1, 0.15) is 5.82 Å². The number of halogens is 2. The number of likely N-dealkylation sites (tertiary alicyclic amines) is 1. The number of aromatic nitrogens is 1. The van der Waals surface area contributed by atoms with Gasteiger partial charge < -0.3 is 15.4 Å². The highest BCUT2D eigenvalue weighted by Gasteiger charge is 2.35. The summed E-state index contributed by atoms with van der Waals surface area (Å²) in [6, 6.07) is 12.2. The summed E-state index contributed by atoms with van der Waals surface area (Å²) in [6.07, 6.45) is 2.24. The zero-order valence-corrected chi connectivity index (χ0v) is 22.7. The number of morpholine rings is 1. The number of hydrogen-bond acceptors (Lipinski definition) is 7. The third-order valence-corrected chi connectivity index (χ3v) is 8.14. The van der Waals surface area contributed by atoms with Crippen LogP contribution in [0.25, 0.3) is 5.69 Å². The number of thiophene rings is 1. The monoisotopic (exact) mass is 573 g/mol. The Morgan fingerprint density at radius 2 is 1.95 bits per heavy atom. The molecule has 3 aromatic rings. The number of carbonyl (C=O) groups excluding carboxylic acids is 2. The lowest BCUT2D eigenvalue weighted by Gasteiger charge is -2.32. The van der Waals surface area contributed by atoms with Crippen LogP contribution in [-0.4, -0.2) is 84.2 Å². The predicted octanol–water partition coefficient (Wildman–Crippen LogP) is 2.84. The second-order valence-corrected chi connectivity index (χ2v) is 11.3. The lowest BCUT2D eigenvalue weighted by molar-refractivity contribution is -0.117. The minimum absolute atomic E-state index is 0.0308. The molecule has 2 aliphatic heterocycles. The number of pyridine rings is 1. The zero-order valence-electron chi connectivity index (χ0n) is 21.1. The van der Waals surface area contributed by atoms with Crippen LogP contribution >= 0.6 is 22.9 Å². The van der Waals surface area contributed by atoms with E-state index in [0.29, 0.717) is 41.1 Å². The fraction of sp³-hybridized carbons (Fsp3) is 0.370. The summed E-state index contributed by atoms with van der Waals surface area (Å²) in [7, 11) is 0. The van der Waals surface area contributed by atoms with Crippen molar-refractivity contribution in [3.63, 3.8) is 0 Å². The minimum Gasteiger partial charge on any atom is -0.379 e. The first-order valence-corrected chi connectivity index (χ1v) is 13.9. The number of nitrogens with zero attached hydrogens (tertiary/aromatic N) is 3. The Bertz CT molecular complexity index is 1390. The molecule has 0 aliphatic carbocycles. The third kappa shape index (κ3) is 6.92. The normalized spacial score (nSPS) is 20.2. The van der Waals surface area contributed by atoms with Crippen LogP contribution in [0.15, 0.2) is 59.5 Å². The van der Waals surface area contributed by atoms with Gasteiger partial charge >= 0.3 is 0 Å². The maximum Gasteiger partial charge on any atom is 0.261 e. The molecule has 2 fully saturated rings. The number of nitrogens with one attached hydrogen (secondary N) is 2. The molecule has 2 saturated heterocycles. The summed E-state index contributed by atoms with van der Waals surface area (Å²) >= 11 is 7.21. The summed E-state index contributed by atoms with van der Waals surface area (Å²) in [5.41, 5.74) is 0.126. The second kappa shape index (κ2) is 12.4. The van der Waals surface area contributed by atoms with Gasteiger partial charge in [0.15, 0.2) is 0 Å². The first-order valence-electron chi connectivity index (χ1n) is 12.7. The highest BCUT2D eigenvalue weighted by molar-refractivity contribution is 7.18. The number of anilines is 1. The molecule has 0 saturated carbocycles. The van der Waals surface area contributed by atoms with Crippen LogP contribution < -0.4 is 16.2 Å². The van der Waals surface area contributed by atoms with Gasteiger partial charge in [-0.2, -0.15) is 0 Å². The molecular weight excluding hydrogens is 545 g/mol. The molecule has 39 heavy (non-hydrogen) atoms. The lowest BCUT2D eigenvalue weighted by atomic mass is 10.1. The summed E-state index contributed by atoms with van der Waals surface area (Å²) in [5, 5.41) is 5.73. The summed E-state index contributed by atoms with van der Waals surface area (Å²) < 4.78 is 22.2. The average Bonchev–Trinajstić information content (AvgIpc) is 3.51. The van der Waals surface area contributed by atoms with Crippen molar-refractivity contribution >= 4 is 40.4 Å². The maximum absolute atomic E-state index is 14.9. The second-order valence-electron chi connectivity index (χ2n) is 9.63. The van der Waals surface area contributed by atoms with Gasteiger partial charge in [0, 0.05) is 56.6 Å². The van der Waals surface area contributed by atoms with Gasteiger partial charge in [-0.1, -0.05) is 17.7 Å². The van der Waals surface area contributed by atoms with Crippen molar-refractivity contribution in [2.24, 2.45) is 0 Å². The molecule has 2 atom stereocenters. The Kier molecular flexibility index (Phi) is 8.73. The molecule has 0 radical (unpaired) electrons. The van der Waals surface area contributed by atoms with Gasteiger partial charge in [0.25, 0.3) is 11.5 Å². The van der Waals surface area contributed by atoms with Gasteiger partial charge in [0.05, 0.1) is 40.3 Å². The van der Waals surface area contributed by atoms with Crippen molar-refractivity contribution in [3.05, 3.63) is 80.1 Å². The van der Waals surface area contributed by atoms with Crippen molar-refractivity contribution in [2.45, 2.75) is 18.5 Å². The highest BCUT2D eigenvalue weighted by atomic mass is 35.5. The molecule has 0 bridgehead atoms. The predicted molar refractivity (Wildman–Crippen MR) is 148 cm³/mol. The van der Waals surface area contributed by atoms with E-state index < -0.39 is 5.82 Å². The highest BCUT2D eigenvalue weighted by Crippen LogP contribution is 2.24. The van der Waals surface area contributed by atoms with E-state index in [9.17, 15) is 18.8 Å². The number of hydrogen-bond donors (Lipinski definition) is 2. The Balaban J connectivity index is 1.24. The molecule has 0 spiro atoms. The van der Waals surface area contributed by atoms with E-state index in [2.05, 4.69) is 15.5 Å². The topological polar surface area (TPSA) is 95.9 Å². The average molecular weight is 574 g/mol. The quantitative estimate of drug-likeness (QED) is 0.430. The van der Waals surface area contributed by atoms with Crippen LogP contribution in [-0.2, 0) is 9.53 Å². The van der Waals surface area contributed by atoms with Gasteiger partial charge in [-0.3, -0.25) is 28.8 Å². The molecule has 2 aromatic heterocycles. The molecule has 1 aromatic carbocycles. The maximum atomic E-state index is 14.9. The zero-order chi connectivity index (χ0) is 27.4. The van der Waals surface area contributed by atoms with Crippen molar-refractivity contribution in [1.29, 1.82) is 0 Å². The Hall–Kier alpha value is -3.09. The Labute approximate surface area is 234 Å². The number of amides is 2. The lowest BCUT2D eigenvalue weighted by Crippen LogP contribution is -2.46. The smallest absolute Gasteiger partial charge is 0.261 e. The number of ether oxygens (including phenoxy) is 1. The van der Waals surface area contributed by atoms with Crippen molar-refractivity contribution in [2.75, 3.05) is 51.3 Å². The molecule has 9 nitrogen and oxygen atoms in total. The number of carbonyl (C=O) groups is 2. The van der Waals surface area contributed by atoms with E-state index in [0.717, 1.165) is 19.6 Å². The molecular formula is C27H29ClFN5O4S. The molecule has 12 heteroatoms. The van der Waals surface area contributed by atoms with E-state index in [4.69, 9.17) is 16.3 Å². The molecule has 2 amide bonds. The van der Waals surface area contributed by atoms with Gasteiger partial charge in [0.2, 0.25) is 5.91 Å². The van der Waals surface area contributed by atoms with Crippen molar-refractivity contribution < 1.29 is 18.7 Å². The molecule has 206 valence electrons. The van der Waals surface area contributed by atoms with Gasteiger partial charge in [-0.15, -0.1) is 11.3 Å². The Morgan fingerprint density at radius 3 is 2.67 bits per heavy atom. The van der Waals surface area contributed by atoms with Gasteiger partial charge in [-0.25, -0.2) is 4.39 Å². The molecule has 0 unspecified atom stereocenters. The van der Waals surface area contributed by atoms with E-state index in [1.807, 2.05) is 4.90 Å². The molecule has 2 aliphatic rings. The minimum atomic E-state index is -0.636. The third-order valence-electron chi connectivity index (χ3n) is 6.91. The summed E-state index contributed by atoms with van der Waals surface area (Å²) in [5.74, 6) is -1.18. The molecule has 5 rings (SSSR count). The number of benzene rings is 1. The van der Waals surface area contributed by atoms with Crippen LogP contribution in [0.4, 0.5) is 10.1 Å². The van der Waals surface area contributed by atoms with Crippen LogP contribution in [0.3, 0.4) is 0 Å². The summed E-state index contributed by atoms with van der Waals surface area (Å²) in [6.45, 7) is 4.22. The van der Waals surface area contributed by atoms with E-state index in [1.54, 1.807) is 36.5 Å². The first-order chi connectivity index (χ1) is 18.9. The van der Waals surface area contributed by atoms with Gasteiger partial charge in [-0.05, 0) is 36.8 Å². The van der Waals surface area contributed by atoms with Crippen molar-refractivity contribution in [3.8, 4) is 5.69 Å². The fourth-order valence-electron chi connectivity index (χ4n) is 5.02. The SMILES string of the molecule is O=C(CN1C[C@H](NC(=O)c2ccc(Cl)s2)C[C@H]1CN1CCOCC1)Nc1ccc(-n2ccccc2=O)cc1F. The fourth-order valence-corrected chi connectivity index (χ4v) is 5.96. The summed E-state index contributed by atoms with van der Waals surface area (Å²) in [4.78, 5) is 42.7. The molecule has 2 N–H and O–H groups in total. The Morgan fingerprint density at radius 1 is 1.13 bits per heavy atom. The van der Waals surface area contributed by atoms with E-state index >= 15 is 0 Å². The number of rotatable bonds is 8. The van der Waals surface area contributed by atoms with Crippen LogP contribution in [0.2, 0.25) is 4.34 Å². The van der Waals surface area contributed by atoms with Crippen LogP contribution in [0.5, 0.6) is 0 Å². The standard InChI is InChI=1S/C27H29ClFN5O4S/c28-24-7-6-23(39-24)27(37)30-18-13-20(16-32-9-11-38-12-10-32)33(15-18)17-25(35)31-22-5-4-19(14-21(22)29)34-8-2-1-3-26(34)36/h1-8,14,18,20H,9-13,15-17H2,(H,30,37)(H,31,35)/t18-,20+/m1/s1. The van der Waals surface area contributed by atoms with E-state index in [-0.39, 0.29) is 41.7 Å². The van der Waals surface area contributed by atoms with Crippen molar-refractivity contribution in [1.82, 2.24) is 19.7 Å².